The smallest absolute Gasteiger partial charge is 0.243 e. The van der Waals surface area contributed by atoms with E-state index in [9.17, 15) is 4.79 Å². The zero-order chi connectivity index (χ0) is 20.4. The van der Waals surface area contributed by atoms with Gasteiger partial charge in [-0.3, -0.25) is 4.79 Å². The standard InChI is InChI=1S/C22H36N4O2.HI/c1-5-28-14-8-13-23-22(24-16-21(27)26(3)4)25-17(2)19-12-11-18-9-6-7-10-20(18)15-19;/h11-12,15,17H,5-10,13-14,16H2,1-4H3,(H2,23,24,25);1H. The number of amides is 1. The van der Waals surface area contributed by atoms with E-state index in [4.69, 9.17) is 4.74 Å². The highest BCUT2D eigenvalue weighted by molar-refractivity contribution is 14.0. The largest absolute Gasteiger partial charge is 0.382 e. The fraction of sp³-hybridized carbons (Fsp3) is 0.636. The van der Waals surface area contributed by atoms with Gasteiger partial charge in [0.1, 0.15) is 6.54 Å². The SMILES string of the molecule is CCOCCCNC(=NCC(=O)N(C)C)NC(C)c1ccc2c(c1)CCCC2.I. The fourth-order valence-corrected chi connectivity index (χ4v) is 3.28. The van der Waals surface area contributed by atoms with Crippen molar-refractivity contribution >= 4 is 35.8 Å². The van der Waals surface area contributed by atoms with E-state index in [2.05, 4.69) is 40.7 Å². The zero-order valence-electron chi connectivity index (χ0n) is 18.3. The highest BCUT2D eigenvalue weighted by Crippen LogP contribution is 2.24. The number of carbonyl (C=O) groups excluding carboxylic acids is 1. The minimum Gasteiger partial charge on any atom is -0.382 e. The maximum Gasteiger partial charge on any atom is 0.243 e. The van der Waals surface area contributed by atoms with E-state index in [-0.39, 0.29) is 42.5 Å². The van der Waals surface area contributed by atoms with Crippen molar-refractivity contribution in [3.8, 4) is 0 Å². The summed E-state index contributed by atoms with van der Waals surface area (Å²) >= 11 is 0. The maximum atomic E-state index is 11.9. The Bertz CT molecular complexity index is 664. The van der Waals surface area contributed by atoms with Crippen LogP contribution in [0.15, 0.2) is 23.2 Å². The number of aliphatic imine (C=N–C) groups is 1. The molecule has 1 amide bonds. The number of nitrogens with one attached hydrogen (secondary N) is 2. The van der Waals surface area contributed by atoms with Crippen LogP contribution in [0.4, 0.5) is 0 Å². The first-order valence-corrected chi connectivity index (χ1v) is 10.5. The number of halogens is 1. The number of hydrogen-bond acceptors (Lipinski definition) is 3. The van der Waals surface area contributed by atoms with E-state index in [1.54, 1.807) is 19.0 Å². The van der Waals surface area contributed by atoms with Crippen LogP contribution in [0.3, 0.4) is 0 Å². The summed E-state index contributed by atoms with van der Waals surface area (Å²) in [6.45, 7) is 6.45. The van der Waals surface area contributed by atoms with Gasteiger partial charge in [-0.1, -0.05) is 18.2 Å². The summed E-state index contributed by atoms with van der Waals surface area (Å²) in [6, 6.07) is 6.91. The number of nitrogens with zero attached hydrogens (tertiary/aromatic N) is 2. The Morgan fingerprint density at radius 3 is 2.66 bits per heavy atom. The van der Waals surface area contributed by atoms with Gasteiger partial charge < -0.3 is 20.3 Å². The molecule has 0 spiro atoms. The van der Waals surface area contributed by atoms with Crippen molar-refractivity contribution < 1.29 is 9.53 Å². The second-order valence-electron chi connectivity index (χ2n) is 7.53. The molecular weight excluding hydrogens is 479 g/mol. The number of fused-ring (bicyclic) bond motifs is 1. The lowest BCUT2D eigenvalue weighted by molar-refractivity contribution is -0.127. The number of aryl methyl sites for hydroxylation is 2. The Morgan fingerprint density at radius 1 is 1.24 bits per heavy atom. The molecule has 0 saturated heterocycles. The molecule has 7 heteroatoms. The molecule has 0 fully saturated rings. The number of rotatable bonds is 9. The molecule has 1 aromatic carbocycles. The zero-order valence-corrected chi connectivity index (χ0v) is 20.6. The number of ether oxygens (including phenoxy) is 1. The van der Waals surface area contributed by atoms with Crippen LogP contribution in [0.2, 0.25) is 0 Å². The van der Waals surface area contributed by atoms with E-state index in [1.807, 2.05) is 6.92 Å². The van der Waals surface area contributed by atoms with Gasteiger partial charge in [0.25, 0.3) is 0 Å². The van der Waals surface area contributed by atoms with Crippen molar-refractivity contribution in [2.75, 3.05) is 40.4 Å². The van der Waals surface area contributed by atoms with Crippen molar-refractivity contribution in [2.45, 2.75) is 52.0 Å². The van der Waals surface area contributed by atoms with Crippen LogP contribution >= 0.6 is 24.0 Å². The van der Waals surface area contributed by atoms with Crippen molar-refractivity contribution in [1.82, 2.24) is 15.5 Å². The monoisotopic (exact) mass is 516 g/mol. The summed E-state index contributed by atoms with van der Waals surface area (Å²) in [6.07, 6.45) is 5.83. The van der Waals surface area contributed by atoms with E-state index in [1.165, 1.54) is 42.4 Å². The van der Waals surface area contributed by atoms with Crippen LogP contribution in [-0.4, -0.2) is 57.2 Å². The van der Waals surface area contributed by atoms with Crippen LogP contribution in [-0.2, 0) is 22.4 Å². The van der Waals surface area contributed by atoms with Crippen molar-refractivity contribution in [1.29, 1.82) is 0 Å². The van der Waals surface area contributed by atoms with Crippen molar-refractivity contribution in [3.05, 3.63) is 34.9 Å². The lowest BCUT2D eigenvalue weighted by Gasteiger charge is -2.22. The van der Waals surface area contributed by atoms with Gasteiger partial charge in [0.05, 0.1) is 6.04 Å². The Kier molecular flexibility index (Phi) is 12.2. The molecule has 2 N–H and O–H groups in total. The van der Waals surface area contributed by atoms with E-state index >= 15 is 0 Å². The normalized spacial score (nSPS) is 14.4. The molecule has 0 aliphatic heterocycles. The minimum atomic E-state index is -0.0168. The molecule has 0 radical (unpaired) electrons. The van der Waals surface area contributed by atoms with Gasteiger partial charge >= 0.3 is 0 Å². The Hall–Kier alpha value is -1.35. The molecule has 164 valence electrons. The summed E-state index contributed by atoms with van der Waals surface area (Å²) in [7, 11) is 3.49. The average molecular weight is 516 g/mol. The van der Waals surface area contributed by atoms with Gasteiger partial charge in [0, 0.05) is 33.9 Å². The predicted molar refractivity (Wildman–Crippen MR) is 130 cm³/mol. The Morgan fingerprint density at radius 2 is 1.97 bits per heavy atom. The highest BCUT2D eigenvalue weighted by atomic mass is 127. The number of guanidine groups is 1. The molecule has 1 unspecified atom stereocenters. The first kappa shape index (κ1) is 25.7. The molecule has 29 heavy (non-hydrogen) atoms. The van der Waals surface area contributed by atoms with Crippen LogP contribution in [0.5, 0.6) is 0 Å². The summed E-state index contributed by atoms with van der Waals surface area (Å²) in [4.78, 5) is 18.0. The molecular formula is C22H37IN4O2. The molecule has 0 saturated carbocycles. The first-order chi connectivity index (χ1) is 13.5. The van der Waals surface area contributed by atoms with Gasteiger partial charge in [-0.25, -0.2) is 4.99 Å². The number of hydrogen-bond donors (Lipinski definition) is 2. The Labute approximate surface area is 192 Å². The minimum absolute atomic E-state index is 0. The van der Waals surface area contributed by atoms with Gasteiger partial charge in [-0.2, -0.15) is 0 Å². The van der Waals surface area contributed by atoms with E-state index in [0.29, 0.717) is 12.6 Å². The van der Waals surface area contributed by atoms with Gasteiger partial charge in [-0.05, 0) is 62.6 Å². The molecule has 0 aromatic heterocycles. The molecule has 1 atom stereocenters. The molecule has 1 aliphatic carbocycles. The van der Waals surface area contributed by atoms with E-state index < -0.39 is 0 Å². The molecule has 1 aromatic rings. The molecule has 1 aliphatic rings. The second kappa shape index (κ2) is 13.8. The summed E-state index contributed by atoms with van der Waals surface area (Å²) in [5, 5.41) is 6.78. The summed E-state index contributed by atoms with van der Waals surface area (Å²) < 4.78 is 5.39. The third-order valence-corrected chi connectivity index (χ3v) is 5.06. The lowest BCUT2D eigenvalue weighted by Crippen LogP contribution is -2.40. The third-order valence-electron chi connectivity index (χ3n) is 5.06. The molecule has 0 heterocycles. The molecule has 2 rings (SSSR count). The average Bonchev–Trinajstić information content (AvgIpc) is 2.70. The van der Waals surface area contributed by atoms with Gasteiger partial charge in [0.2, 0.25) is 5.91 Å². The molecule has 0 bridgehead atoms. The number of likely N-dealkylation sites (N-methyl/N-ethyl adjacent to an activating group) is 1. The number of benzene rings is 1. The number of carbonyl (C=O) groups is 1. The fourth-order valence-electron chi connectivity index (χ4n) is 3.28. The van der Waals surface area contributed by atoms with E-state index in [0.717, 1.165) is 19.6 Å². The highest BCUT2D eigenvalue weighted by Gasteiger charge is 2.14. The lowest BCUT2D eigenvalue weighted by atomic mass is 9.89. The molecule has 6 nitrogen and oxygen atoms in total. The third kappa shape index (κ3) is 8.90. The topological polar surface area (TPSA) is 66.0 Å². The maximum absolute atomic E-state index is 11.9. The predicted octanol–water partition coefficient (Wildman–Crippen LogP) is 3.29. The quantitative estimate of drug-likeness (QED) is 0.229. The van der Waals surface area contributed by atoms with Gasteiger partial charge in [-0.15, -0.1) is 24.0 Å². The second-order valence-corrected chi connectivity index (χ2v) is 7.53. The Balaban J connectivity index is 0.00000420. The van der Waals surface area contributed by atoms with Crippen LogP contribution in [0.1, 0.15) is 55.8 Å². The van der Waals surface area contributed by atoms with Crippen LogP contribution in [0, 0.1) is 0 Å². The van der Waals surface area contributed by atoms with Crippen molar-refractivity contribution in [3.63, 3.8) is 0 Å². The summed E-state index contributed by atoms with van der Waals surface area (Å²) in [5.41, 5.74) is 4.22. The van der Waals surface area contributed by atoms with Crippen LogP contribution in [0.25, 0.3) is 0 Å². The first-order valence-electron chi connectivity index (χ1n) is 10.5. The van der Waals surface area contributed by atoms with Gasteiger partial charge in [0.15, 0.2) is 5.96 Å². The van der Waals surface area contributed by atoms with Crippen molar-refractivity contribution in [2.24, 2.45) is 4.99 Å². The van der Waals surface area contributed by atoms with Crippen LogP contribution < -0.4 is 10.6 Å². The summed E-state index contributed by atoms with van der Waals surface area (Å²) in [5.74, 6) is 0.647.